The van der Waals surface area contributed by atoms with Crippen LogP contribution in [-0.4, -0.2) is 31.2 Å². The zero-order valence-electron chi connectivity index (χ0n) is 11.5. The maximum absolute atomic E-state index is 4.50. The lowest BCUT2D eigenvalue weighted by Gasteiger charge is -2.29. The molecule has 0 bridgehead atoms. The minimum atomic E-state index is 0.0244. The van der Waals surface area contributed by atoms with Gasteiger partial charge in [-0.15, -0.1) is 0 Å². The molecule has 2 rings (SSSR count). The molecule has 1 aromatic rings. The quantitative estimate of drug-likeness (QED) is 0.763. The topological polar surface area (TPSA) is 28.2 Å². The highest BCUT2D eigenvalue weighted by Gasteiger charge is 2.14. The van der Waals surface area contributed by atoms with Crippen molar-refractivity contribution in [1.82, 2.24) is 10.3 Å². The van der Waals surface area contributed by atoms with Crippen LogP contribution < -0.4 is 10.2 Å². The van der Waals surface area contributed by atoms with Gasteiger partial charge >= 0.3 is 0 Å². The van der Waals surface area contributed by atoms with Crippen molar-refractivity contribution in [2.24, 2.45) is 5.41 Å². The number of nitrogens with one attached hydrogen (secondary N) is 1. The molecule has 0 aromatic carbocycles. The van der Waals surface area contributed by atoms with Crippen LogP contribution in [0.15, 0.2) is 18.3 Å². The molecule has 0 amide bonds. The number of anilines is 1. The van der Waals surface area contributed by atoms with Crippen LogP contribution >= 0.6 is 0 Å². The van der Waals surface area contributed by atoms with Crippen LogP contribution in [-0.2, 0) is 0 Å². The van der Waals surface area contributed by atoms with Gasteiger partial charge in [0.15, 0.2) is 0 Å². The van der Waals surface area contributed by atoms with Crippen LogP contribution in [0.25, 0.3) is 0 Å². The van der Waals surface area contributed by atoms with E-state index in [4.69, 9.17) is 0 Å². The fourth-order valence-electron chi connectivity index (χ4n) is 1.88. The second-order valence-corrected chi connectivity index (χ2v) is 5.61. The van der Waals surface area contributed by atoms with E-state index in [9.17, 15) is 0 Å². The molecule has 1 aromatic heterocycles. The zero-order valence-corrected chi connectivity index (χ0v) is 11.5. The summed E-state index contributed by atoms with van der Waals surface area (Å²) in [4.78, 5) is 6.81. The molecule has 1 N–H and O–H groups in total. The molecule has 2 heterocycles. The lowest BCUT2D eigenvalue weighted by molar-refractivity contribution is 0.570. The molecule has 18 heavy (non-hydrogen) atoms. The number of aromatic nitrogens is 1. The van der Waals surface area contributed by atoms with Gasteiger partial charge in [0.1, 0.15) is 5.82 Å². The summed E-state index contributed by atoms with van der Waals surface area (Å²) in [6, 6.07) is 4.02. The Morgan fingerprint density at radius 1 is 1.28 bits per heavy atom. The molecule has 0 unspecified atom stereocenters. The molecule has 1 aliphatic rings. The summed E-state index contributed by atoms with van der Waals surface area (Å²) in [5.41, 5.74) is 1.06. The highest BCUT2D eigenvalue weighted by atomic mass is 15.2. The lowest BCUT2D eigenvalue weighted by Crippen LogP contribution is -2.44. The number of hydrogen-bond donors (Lipinski definition) is 1. The average molecular weight is 243 g/mol. The van der Waals surface area contributed by atoms with Gasteiger partial charge in [-0.25, -0.2) is 4.98 Å². The average Bonchev–Trinajstić information content (AvgIpc) is 2.37. The second-order valence-electron chi connectivity index (χ2n) is 5.61. The lowest BCUT2D eigenvalue weighted by atomic mass is 9.97. The fourth-order valence-corrected chi connectivity index (χ4v) is 1.88. The monoisotopic (exact) mass is 243 g/mol. The van der Waals surface area contributed by atoms with Crippen LogP contribution in [0.1, 0.15) is 26.3 Å². The summed E-state index contributed by atoms with van der Waals surface area (Å²) in [5, 5.41) is 3.35. The highest BCUT2D eigenvalue weighted by Crippen LogP contribution is 2.18. The van der Waals surface area contributed by atoms with Crippen LogP contribution in [0.4, 0.5) is 5.82 Å². The zero-order chi connectivity index (χ0) is 13.0. The van der Waals surface area contributed by atoms with Crippen LogP contribution in [0.3, 0.4) is 0 Å². The molecule has 96 valence electrons. The molecule has 1 fully saturated rings. The standard InChI is InChI=1S/C15H21N3/c1-15(2,3)7-6-13-5-4-8-17-14(13)18-11-9-16-10-12-18/h4-5,8,16H,9-12H2,1-3H3. The summed E-state index contributed by atoms with van der Waals surface area (Å²) in [5.74, 6) is 7.59. The summed E-state index contributed by atoms with van der Waals surface area (Å²) < 4.78 is 0. The first-order valence-electron chi connectivity index (χ1n) is 6.50. The first-order chi connectivity index (χ1) is 8.56. The third-order valence-electron chi connectivity index (χ3n) is 2.78. The largest absolute Gasteiger partial charge is 0.353 e. The minimum Gasteiger partial charge on any atom is -0.353 e. The fraction of sp³-hybridized carbons (Fsp3) is 0.533. The predicted molar refractivity (Wildman–Crippen MR) is 75.7 cm³/mol. The van der Waals surface area contributed by atoms with E-state index in [1.165, 1.54) is 0 Å². The van der Waals surface area contributed by atoms with Gasteiger partial charge in [-0.3, -0.25) is 0 Å². The maximum Gasteiger partial charge on any atom is 0.144 e. The Kier molecular flexibility index (Phi) is 3.88. The Morgan fingerprint density at radius 3 is 2.67 bits per heavy atom. The molecule has 0 saturated carbocycles. The van der Waals surface area contributed by atoms with Gasteiger partial charge in [-0.2, -0.15) is 0 Å². The summed E-state index contributed by atoms with van der Waals surface area (Å²) in [7, 11) is 0. The van der Waals surface area contributed by atoms with Crippen molar-refractivity contribution < 1.29 is 0 Å². The van der Waals surface area contributed by atoms with Gasteiger partial charge in [0.25, 0.3) is 0 Å². The van der Waals surface area contributed by atoms with E-state index in [0.717, 1.165) is 37.6 Å². The van der Waals surface area contributed by atoms with Gasteiger partial charge in [0, 0.05) is 37.8 Å². The first kappa shape index (κ1) is 12.9. The molecule has 1 aliphatic heterocycles. The molecule has 0 spiro atoms. The van der Waals surface area contributed by atoms with Crippen molar-refractivity contribution in [2.45, 2.75) is 20.8 Å². The molecule has 0 atom stereocenters. The third kappa shape index (κ3) is 3.48. The summed E-state index contributed by atoms with van der Waals surface area (Å²) in [6.07, 6.45) is 1.85. The molecule has 0 aliphatic carbocycles. The van der Waals surface area contributed by atoms with E-state index in [1.54, 1.807) is 0 Å². The number of hydrogen-bond acceptors (Lipinski definition) is 3. The SMILES string of the molecule is CC(C)(C)C#Cc1cccnc1N1CCNCC1. The Hall–Kier alpha value is -1.53. The molecular weight excluding hydrogens is 222 g/mol. The van der Waals surface area contributed by atoms with Crippen molar-refractivity contribution in [1.29, 1.82) is 0 Å². The highest BCUT2D eigenvalue weighted by molar-refractivity contribution is 5.56. The van der Waals surface area contributed by atoms with Crippen LogP contribution in [0.2, 0.25) is 0 Å². The van der Waals surface area contributed by atoms with E-state index in [-0.39, 0.29) is 5.41 Å². The van der Waals surface area contributed by atoms with Crippen molar-refractivity contribution in [3.05, 3.63) is 23.9 Å². The number of piperazine rings is 1. The first-order valence-corrected chi connectivity index (χ1v) is 6.50. The Morgan fingerprint density at radius 2 is 2.00 bits per heavy atom. The third-order valence-corrected chi connectivity index (χ3v) is 2.78. The minimum absolute atomic E-state index is 0.0244. The molecule has 1 saturated heterocycles. The second kappa shape index (κ2) is 5.41. The van der Waals surface area contributed by atoms with Crippen molar-refractivity contribution in [2.75, 3.05) is 31.1 Å². The van der Waals surface area contributed by atoms with Crippen molar-refractivity contribution in [3.63, 3.8) is 0 Å². The van der Waals surface area contributed by atoms with Crippen molar-refractivity contribution in [3.8, 4) is 11.8 Å². The van der Waals surface area contributed by atoms with Gasteiger partial charge < -0.3 is 10.2 Å². The number of rotatable bonds is 1. The molecule has 3 nitrogen and oxygen atoms in total. The van der Waals surface area contributed by atoms with Crippen molar-refractivity contribution >= 4 is 5.82 Å². The van der Waals surface area contributed by atoms with E-state index in [2.05, 4.69) is 53.9 Å². The van der Waals surface area contributed by atoms with E-state index in [1.807, 2.05) is 12.3 Å². The predicted octanol–water partition coefficient (Wildman–Crippen LogP) is 1.89. The van der Waals surface area contributed by atoms with Gasteiger partial charge in [0.2, 0.25) is 0 Å². The molecular formula is C15H21N3. The van der Waals surface area contributed by atoms with Crippen LogP contribution in [0, 0.1) is 17.3 Å². The summed E-state index contributed by atoms with van der Waals surface area (Å²) in [6.45, 7) is 10.4. The van der Waals surface area contributed by atoms with E-state index < -0.39 is 0 Å². The van der Waals surface area contributed by atoms with E-state index in [0.29, 0.717) is 0 Å². The van der Waals surface area contributed by atoms with E-state index >= 15 is 0 Å². The maximum atomic E-state index is 4.50. The van der Waals surface area contributed by atoms with Gasteiger partial charge in [-0.05, 0) is 32.9 Å². The normalized spacial score (nSPS) is 16.1. The Labute approximate surface area is 110 Å². The molecule has 3 heteroatoms. The Bertz CT molecular complexity index is 457. The van der Waals surface area contributed by atoms with Gasteiger partial charge in [0.05, 0.1) is 5.56 Å². The van der Waals surface area contributed by atoms with Crippen LogP contribution in [0.5, 0.6) is 0 Å². The van der Waals surface area contributed by atoms with Gasteiger partial charge in [-0.1, -0.05) is 11.8 Å². The number of pyridine rings is 1. The smallest absolute Gasteiger partial charge is 0.144 e. The Balaban J connectivity index is 2.27. The number of nitrogens with zero attached hydrogens (tertiary/aromatic N) is 2. The molecule has 0 radical (unpaired) electrons. The summed E-state index contributed by atoms with van der Waals surface area (Å²) >= 11 is 0.